The molecule has 0 bridgehead atoms. The van der Waals surface area contributed by atoms with Crippen LogP contribution in [0.1, 0.15) is 43.0 Å². The van der Waals surface area contributed by atoms with Crippen LogP contribution in [0.15, 0.2) is 36.4 Å². The van der Waals surface area contributed by atoms with Crippen LogP contribution in [0.4, 0.5) is 0 Å². The molecule has 2 N–H and O–H groups in total. The van der Waals surface area contributed by atoms with Gasteiger partial charge in [0, 0.05) is 23.7 Å². The number of rotatable bonds is 6. The Morgan fingerprint density at radius 1 is 1.30 bits per heavy atom. The Bertz CT molecular complexity index is 1220. The monoisotopic (exact) mass is 462 g/mol. The average molecular weight is 463 g/mol. The van der Waals surface area contributed by atoms with Crippen LogP contribution >= 0.6 is 11.5 Å². The van der Waals surface area contributed by atoms with Crippen molar-refractivity contribution in [2.24, 2.45) is 5.92 Å². The van der Waals surface area contributed by atoms with Crippen molar-refractivity contribution < 1.29 is 14.9 Å². The van der Waals surface area contributed by atoms with Gasteiger partial charge >= 0.3 is 0 Å². The second-order valence-corrected chi connectivity index (χ2v) is 9.62. The molecule has 1 saturated heterocycles. The third kappa shape index (κ3) is 3.91. The number of aliphatic hydroxyl groups is 2. The van der Waals surface area contributed by atoms with Crippen molar-refractivity contribution >= 4 is 11.5 Å². The third-order valence-corrected chi connectivity index (χ3v) is 7.18. The van der Waals surface area contributed by atoms with Crippen molar-refractivity contribution in [2.45, 2.75) is 45.1 Å². The highest BCUT2D eigenvalue weighted by Gasteiger charge is 2.46. The molecule has 170 valence electrons. The van der Waals surface area contributed by atoms with Crippen molar-refractivity contribution in [2.75, 3.05) is 13.2 Å². The second kappa shape index (κ2) is 8.84. The molecule has 5 rings (SSSR count). The van der Waals surface area contributed by atoms with E-state index in [1.807, 2.05) is 30.9 Å². The molecular weight excluding hydrogens is 436 g/mol. The molecule has 0 spiro atoms. The number of likely N-dealkylation sites (tertiary alicyclic amines) is 1. The minimum absolute atomic E-state index is 0.0129. The van der Waals surface area contributed by atoms with E-state index in [9.17, 15) is 15.5 Å². The number of hydrogen-bond donors (Lipinski definition) is 2. The summed E-state index contributed by atoms with van der Waals surface area (Å²) >= 11 is 1.35. The molecule has 33 heavy (non-hydrogen) atoms. The Labute approximate surface area is 197 Å². The molecule has 1 aromatic heterocycles. The van der Waals surface area contributed by atoms with Crippen LogP contribution in [-0.4, -0.2) is 50.0 Å². The molecule has 7 nitrogen and oxygen atoms in total. The largest absolute Gasteiger partial charge is 0.490 e. The fraction of sp³-hybridized carbons (Fsp3) is 0.400. The predicted octanol–water partition coefficient (Wildman–Crippen LogP) is 3.76. The lowest BCUT2D eigenvalue weighted by molar-refractivity contribution is 0.00648. The zero-order chi connectivity index (χ0) is 23.1. The van der Waals surface area contributed by atoms with Gasteiger partial charge in [0.25, 0.3) is 0 Å². The lowest BCUT2D eigenvalue weighted by atomic mass is 10.0. The smallest absolute Gasteiger partial charge is 0.173 e. The highest BCUT2D eigenvalue weighted by molar-refractivity contribution is 7.09. The van der Waals surface area contributed by atoms with Crippen LogP contribution in [0.5, 0.6) is 5.75 Å². The van der Waals surface area contributed by atoms with E-state index in [4.69, 9.17) is 9.72 Å². The molecule has 3 aromatic rings. The molecule has 0 saturated carbocycles. The van der Waals surface area contributed by atoms with Crippen LogP contribution in [0.2, 0.25) is 0 Å². The van der Waals surface area contributed by atoms with E-state index in [2.05, 4.69) is 22.6 Å². The minimum atomic E-state index is -0.505. The Balaban J connectivity index is 1.47. The molecule has 2 aliphatic rings. The summed E-state index contributed by atoms with van der Waals surface area (Å²) in [6.07, 6.45) is 1.07. The summed E-state index contributed by atoms with van der Waals surface area (Å²) < 4.78 is 10.3. The lowest BCUT2D eigenvalue weighted by Gasteiger charge is -2.26. The maximum atomic E-state index is 10.4. The standard InChI is InChI=1S/C25H26N4O3S/c1-14(2)32-21-7-6-15(10-17(21)13-26)24-27-25(33-28-24)19-5-3-4-18-20(19)11-16-12-22(31)29(8-9-30)23(16)18/h3-7,10,14,16,22-23,30-31H,8-9,11-12H2,1-2H3/t16-,22?,23+/m1/s1. The predicted molar refractivity (Wildman–Crippen MR) is 126 cm³/mol. The third-order valence-electron chi connectivity index (χ3n) is 6.43. The fourth-order valence-corrected chi connectivity index (χ4v) is 5.89. The summed E-state index contributed by atoms with van der Waals surface area (Å²) in [4.78, 5) is 6.82. The van der Waals surface area contributed by atoms with Crippen LogP contribution in [0.25, 0.3) is 22.0 Å². The number of benzene rings is 2. The maximum Gasteiger partial charge on any atom is 0.173 e. The summed E-state index contributed by atoms with van der Waals surface area (Å²) in [6, 6.07) is 14.0. The SMILES string of the molecule is CC(C)Oc1ccc(-c2nsc(-c3cccc4c3C[C@@H]3CC(O)N(CCO)[C@H]43)n2)cc1C#N. The van der Waals surface area contributed by atoms with Crippen LogP contribution in [-0.2, 0) is 6.42 Å². The van der Waals surface area contributed by atoms with E-state index in [1.54, 1.807) is 12.1 Å². The molecule has 1 unspecified atom stereocenters. The fourth-order valence-electron chi connectivity index (χ4n) is 5.16. The summed E-state index contributed by atoms with van der Waals surface area (Å²) in [5.74, 6) is 1.49. The van der Waals surface area contributed by atoms with Gasteiger partial charge in [-0.15, -0.1) is 0 Å². The Kier molecular flexibility index (Phi) is 5.89. The van der Waals surface area contributed by atoms with Gasteiger partial charge in [0.05, 0.1) is 18.3 Å². The topological polar surface area (TPSA) is 102 Å². The number of hydrogen-bond acceptors (Lipinski definition) is 8. The number of aromatic nitrogens is 2. The van der Waals surface area contributed by atoms with Gasteiger partial charge in [-0.25, -0.2) is 4.98 Å². The summed E-state index contributed by atoms with van der Waals surface area (Å²) in [6.45, 7) is 4.35. The van der Waals surface area contributed by atoms with E-state index < -0.39 is 6.23 Å². The van der Waals surface area contributed by atoms with Crippen molar-refractivity contribution in [3.8, 4) is 33.8 Å². The van der Waals surface area contributed by atoms with E-state index in [0.717, 1.165) is 22.6 Å². The van der Waals surface area contributed by atoms with Crippen LogP contribution in [0, 0.1) is 17.2 Å². The quantitative estimate of drug-likeness (QED) is 0.575. The molecule has 1 aliphatic heterocycles. The van der Waals surface area contributed by atoms with Gasteiger partial charge in [0.2, 0.25) is 0 Å². The molecule has 0 radical (unpaired) electrons. The second-order valence-electron chi connectivity index (χ2n) is 8.87. The first-order chi connectivity index (χ1) is 16.0. The summed E-state index contributed by atoms with van der Waals surface area (Å²) in [5, 5.41) is 30.3. The number of nitrogens with zero attached hydrogens (tertiary/aromatic N) is 4. The Hall–Kier alpha value is -2.83. The van der Waals surface area contributed by atoms with E-state index in [-0.39, 0.29) is 18.8 Å². The number of aliphatic hydroxyl groups excluding tert-OH is 2. The highest BCUT2D eigenvalue weighted by Crippen LogP contribution is 2.50. The molecule has 2 aromatic carbocycles. The zero-order valence-electron chi connectivity index (χ0n) is 18.6. The molecule has 2 heterocycles. The van der Waals surface area contributed by atoms with Crippen LogP contribution < -0.4 is 4.74 Å². The number of nitriles is 1. The van der Waals surface area contributed by atoms with Gasteiger partial charge in [-0.05, 0) is 73.5 Å². The molecule has 8 heteroatoms. The number of fused-ring (bicyclic) bond motifs is 3. The first-order valence-electron chi connectivity index (χ1n) is 11.2. The van der Waals surface area contributed by atoms with Crippen molar-refractivity contribution in [3.63, 3.8) is 0 Å². The van der Waals surface area contributed by atoms with Gasteiger partial charge < -0.3 is 14.9 Å². The molecule has 0 amide bonds. The van der Waals surface area contributed by atoms with Crippen molar-refractivity contribution in [3.05, 3.63) is 53.1 Å². The Morgan fingerprint density at radius 3 is 2.91 bits per heavy atom. The van der Waals surface area contributed by atoms with Gasteiger partial charge in [-0.2, -0.15) is 9.64 Å². The zero-order valence-corrected chi connectivity index (χ0v) is 19.4. The summed E-state index contributed by atoms with van der Waals surface area (Å²) in [7, 11) is 0. The van der Waals surface area contributed by atoms with Gasteiger partial charge in [0.1, 0.15) is 23.1 Å². The van der Waals surface area contributed by atoms with E-state index >= 15 is 0 Å². The molecular formula is C25H26N4O3S. The van der Waals surface area contributed by atoms with Gasteiger partial charge in [-0.1, -0.05) is 18.2 Å². The first kappa shape index (κ1) is 22.0. The molecule has 1 fully saturated rings. The Morgan fingerprint density at radius 2 is 2.15 bits per heavy atom. The van der Waals surface area contributed by atoms with Gasteiger partial charge in [0.15, 0.2) is 5.82 Å². The normalized spacial score (nSPS) is 21.8. The maximum absolute atomic E-state index is 10.4. The molecule has 1 aliphatic carbocycles. The number of β-amino-alcohol motifs (C(OH)–C–C–N with tert-alkyl or cyclic N) is 1. The first-order valence-corrected chi connectivity index (χ1v) is 12.0. The average Bonchev–Trinajstić information content (AvgIpc) is 3.49. The van der Waals surface area contributed by atoms with Crippen molar-refractivity contribution in [1.82, 2.24) is 14.3 Å². The molecule has 3 atom stereocenters. The summed E-state index contributed by atoms with van der Waals surface area (Å²) in [5.41, 5.74) is 4.79. The number of ether oxygens (including phenoxy) is 1. The van der Waals surface area contributed by atoms with Gasteiger partial charge in [-0.3, -0.25) is 4.90 Å². The minimum Gasteiger partial charge on any atom is -0.490 e. The van der Waals surface area contributed by atoms with Crippen LogP contribution in [0.3, 0.4) is 0 Å². The van der Waals surface area contributed by atoms with E-state index in [0.29, 0.717) is 36.0 Å². The lowest BCUT2D eigenvalue weighted by Crippen LogP contribution is -2.33. The van der Waals surface area contributed by atoms with E-state index in [1.165, 1.54) is 22.7 Å². The van der Waals surface area contributed by atoms with Crippen molar-refractivity contribution in [1.29, 1.82) is 5.26 Å². The highest BCUT2D eigenvalue weighted by atomic mass is 32.1.